The summed E-state index contributed by atoms with van der Waals surface area (Å²) in [4.78, 5) is 14.3. The van der Waals surface area contributed by atoms with Gasteiger partial charge < -0.3 is 19.8 Å². The number of carbonyl (C=O) groups excluding carboxylic acids is 1. The van der Waals surface area contributed by atoms with E-state index in [1.807, 2.05) is 30.3 Å². The highest BCUT2D eigenvalue weighted by Crippen LogP contribution is 2.46. The molecule has 1 heterocycles. The van der Waals surface area contributed by atoms with E-state index in [2.05, 4.69) is 30.9 Å². The quantitative estimate of drug-likeness (QED) is 0.423. The molecule has 0 fully saturated rings. The molecule has 0 saturated carbocycles. The van der Waals surface area contributed by atoms with Crippen LogP contribution in [0.4, 0.5) is 10.1 Å². The van der Waals surface area contributed by atoms with Gasteiger partial charge in [-0.15, -0.1) is 0 Å². The van der Waals surface area contributed by atoms with Crippen molar-refractivity contribution in [2.45, 2.75) is 83.3 Å². The molecule has 3 rings (SSSR count). The van der Waals surface area contributed by atoms with Crippen molar-refractivity contribution in [1.82, 2.24) is 0 Å². The molecular formula is C28H36FNO4. The fraction of sp³-hybridized carbons (Fsp3) is 0.464. The fourth-order valence-electron chi connectivity index (χ4n) is 4.62. The Hall–Kier alpha value is -2.70. The van der Waals surface area contributed by atoms with Crippen LogP contribution < -0.4 is 4.90 Å². The smallest absolute Gasteiger partial charge is 0.308 e. The first-order valence-corrected chi connectivity index (χ1v) is 11.9. The van der Waals surface area contributed by atoms with E-state index < -0.39 is 23.8 Å². The molecule has 0 amide bonds. The first-order valence-electron chi connectivity index (χ1n) is 11.9. The van der Waals surface area contributed by atoms with Crippen LogP contribution in [0, 0.1) is 5.82 Å². The molecule has 0 saturated heterocycles. The molecule has 2 aromatic carbocycles. The van der Waals surface area contributed by atoms with E-state index in [1.165, 1.54) is 12.1 Å². The van der Waals surface area contributed by atoms with Crippen LogP contribution in [-0.2, 0) is 9.53 Å². The van der Waals surface area contributed by atoms with E-state index in [9.17, 15) is 19.4 Å². The van der Waals surface area contributed by atoms with Crippen LogP contribution in [0.2, 0.25) is 0 Å². The number of ether oxygens (including phenoxy) is 1. The number of anilines is 1. The van der Waals surface area contributed by atoms with Crippen molar-refractivity contribution < 1.29 is 24.1 Å². The Morgan fingerprint density at radius 2 is 1.76 bits per heavy atom. The van der Waals surface area contributed by atoms with Gasteiger partial charge in [-0.25, -0.2) is 4.39 Å². The number of nitrogens with zero attached hydrogens (tertiary/aromatic N) is 1. The number of hydrogen-bond donors (Lipinski definition) is 2. The van der Waals surface area contributed by atoms with Crippen molar-refractivity contribution in [3.63, 3.8) is 0 Å². The van der Waals surface area contributed by atoms with Gasteiger partial charge >= 0.3 is 5.97 Å². The molecule has 4 atom stereocenters. The summed E-state index contributed by atoms with van der Waals surface area (Å²) >= 11 is 0. The maximum Gasteiger partial charge on any atom is 0.308 e. The van der Waals surface area contributed by atoms with E-state index in [0.29, 0.717) is 0 Å². The third kappa shape index (κ3) is 6.45. The zero-order valence-electron chi connectivity index (χ0n) is 20.6. The van der Waals surface area contributed by atoms with Gasteiger partial charge in [0.1, 0.15) is 11.4 Å². The monoisotopic (exact) mass is 469 g/mol. The van der Waals surface area contributed by atoms with Crippen LogP contribution in [0.5, 0.6) is 0 Å². The summed E-state index contributed by atoms with van der Waals surface area (Å²) in [6.07, 6.45) is 1.55. The van der Waals surface area contributed by atoms with Crippen molar-refractivity contribution in [3.05, 3.63) is 77.6 Å². The third-order valence-electron chi connectivity index (χ3n) is 5.86. The Balaban J connectivity index is 1.80. The van der Waals surface area contributed by atoms with Gasteiger partial charge in [0.15, 0.2) is 0 Å². The van der Waals surface area contributed by atoms with Gasteiger partial charge in [-0.1, -0.05) is 42.5 Å². The highest BCUT2D eigenvalue weighted by atomic mass is 19.1. The summed E-state index contributed by atoms with van der Waals surface area (Å²) in [7, 11) is 0. The Labute approximate surface area is 201 Å². The van der Waals surface area contributed by atoms with Gasteiger partial charge in [-0.3, -0.25) is 4.79 Å². The largest absolute Gasteiger partial charge is 0.460 e. The van der Waals surface area contributed by atoms with Crippen LogP contribution in [0.25, 0.3) is 0 Å². The Morgan fingerprint density at radius 1 is 1.12 bits per heavy atom. The summed E-state index contributed by atoms with van der Waals surface area (Å²) in [6.45, 7) is 9.54. The molecule has 6 heteroatoms. The maximum absolute atomic E-state index is 13.6. The second-order valence-corrected chi connectivity index (χ2v) is 10.2. The number of hydrogen-bond acceptors (Lipinski definition) is 5. The second-order valence-electron chi connectivity index (χ2n) is 10.2. The maximum atomic E-state index is 13.6. The molecule has 34 heavy (non-hydrogen) atoms. The molecular weight excluding hydrogens is 433 g/mol. The normalized spacial score (nSPS) is 20.0. The lowest BCUT2D eigenvalue weighted by Crippen LogP contribution is -2.38. The molecule has 0 radical (unpaired) electrons. The fourth-order valence-corrected chi connectivity index (χ4v) is 4.62. The second kappa shape index (κ2) is 10.7. The number of esters is 1. The lowest BCUT2D eigenvalue weighted by molar-refractivity contribution is -0.157. The first-order chi connectivity index (χ1) is 16.0. The summed E-state index contributed by atoms with van der Waals surface area (Å²) in [5, 5.41) is 20.9. The zero-order chi connectivity index (χ0) is 25.0. The number of aliphatic hydroxyl groups excluding tert-OH is 2. The average Bonchev–Trinajstić information content (AvgIpc) is 3.05. The van der Waals surface area contributed by atoms with E-state index in [4.69, 9.17) is 4.74 Å². The number of para-hydroxylation sites is 1. The molecule has 1 aliphatic rings. The molecule has 5 nitrogen and oxygen atoms in total. The molecule has 1 aliphatic heterocycles. The summed E-state index contributed by atoms with van der Waals surface area (Å²) in [6, 6.07) is 14.8. The zero-order valence-corrected chi connectivity index (χ0v) is 20.6. The number of rotatable bonds is 8. The van der Waals surface area contributed by atoms with E-state index in [1.54, 1.807) is 26.8 Å². The number of halogens is 1. The van der Waals surface area contributed by atoms with Gasteiger partial charge in [-0.2, -0.15) is 0 Å². The lowest BCUT2D eigenvalue weighted by Gasteiger charge is -2.32. The van der Waals surface area contributed by atoms with Crippen LogP contribution in [0.15, 0.2) is 60.7 Å². The standard InChI is InChI=1S/C28H36FNO4/c1-18(2)30-24-9-7-6-8-23(24)27(19-10-12-20(29)13-11-19)25(30)15-14-21(31)16-22(32)17-26(33)34-28(3,4)5/h6-15,18,21-22,25,27,31-32H,16-17H2,1-5H3/b15-14-/t21-,22-,25-,27-/m0/s1. The summed E-state index contributed by atoms with van der Waals surface area (Å²) < 4.78 is 18.9. The average molecular weight is 470 g/mol. The molecule has 184 valence electrons. The Kier molecular flexibility index (Phi) is 8.16. The topological polar surface area (TPSA) is 70.0 Å². The van der Waals surface area contributed by atoms with E-state index in [-0.39, 0.29) is 36.7 Å². The van der Waals surface area contributed by atoms with Crippen LogP contribution >= 0.6 is 0 Å². The Morgan fingerprint density at radius 3 is 2.38 bits per heavy atom. The van der Waals surface area contributed by atoms with Crippen molar-refractivity contribution in [3.8, 4) is 0 Å². The Bertz CT molecular complexity index is 996. The predicted octanol–water partition coefficient (Wildman–Crippen LogP) is 4.95. The molecule has 0 spiro atoms. The van der Waals surface area contributed by atoms with Crippen LogP contribution in [0.1, 0.15) is 64.5 Å². The van der Waals surface area contributed by atoms with Crippen LogP contribution in [-0.4, -0.2) is 46.1 Å². The number of carbonyl (C=O) groups is 1. The van der Waals surface area contributed by atoms with Gasteiger partial charge in [0.05, 0.1) is 24.7 Å². The number of fused-ring (bicyclic) bond motifs is 1. The van der Waals surface area contributed by atoms with Gasteiger partial charge in [-0.05, 0) is 63.9 Å². The van der Waals surface area contributed by atoms with E-state index >= 15 is 0 Å². The van der Waals surface area contributed by atoms with Gasteiger partial charge in [0, 0.05) is 24.1 Å². The molecule has 2 N–H and O–H groups in total. The van der Waals surface area contributed by atoms with Crippen LogP contribution in [0.3, 0.4) is 0 Å². The van der Waals surface area contributed by atoms with Crippen molar-refractivity contribution in [2.24, 2.45) is 0 Å². The van der Waals surface area contributed by atoms with Crippen molar-refractivity contribution in [2.75, 3.05) is 4.90 Å². The lowest BCUT2D eigenvalue weighted by atomic mass is 9.87. The number of aliphatic hydroxyl groups is 2. The highest BCUT2D eigenvalue weighted by Gasteiger charge is 2.39. The third-order valence-corrected chi connectivity index (χ3v) is 5.86. The predicted molar refractivity (Wildman–Crippen MR) is 132 cm³/mol. The summed E-state index contributed by atoms with van der Waals surface area (Å²) in [5.74, 6) is -0.809. The minimum absolute atomic E-state index is 0.0261. The van der Waals surface area contributed by atoms with Crippen molar-refractivity contribution >= 4 is 11.7 Å². The van der Waals surface area contributed by atoms with Gasteiger partial charge in [0.2, 0.25) is 0 Å². The van der Waals surface area contributed by atoms with E-state index in [0.717, 1.165) is 16.8 Å². The highest BCUT2D eigenvalue weighted by molar-refractivity contribution is 5.70. The minimum atomic E-state index is -1.01. The molecule has 2 aromatic rings. The van der Waals surface area contributed by atoms with Crippen molar-refractivity contribution in [1.29, 1.82) is 0 Å². The summed E-state index contributed by atoms with van der Waals surface area (Å²) in [5.41, 5.74) is 2.63. The molecule has 0 unspecified atom stereocenters. The molecule has 0 aliphatic carbocycles. The van der Waals surface area contributed by atoms with Gasteiger partial charge in [0.25, 0.3) is 0 Å². The first kappa shape index (κ1) is 25.9. The molecule has 0 bridgehead atoms. The minimum Gasteiger partial charge on any atom is -0.460 e. The molecule has 0 aromatic heterocycles. The SMILES string of the molecule is CC(C)N1c2ccccc2[C@H](c2ccc(F)cc2)[C@@H]1/C=C\[C@H](O)C[C@H](O)CC(=O)OC(C)(C)C. The number of benzene rings is 2.